The minimum Gasteiger partial charge on any atom is -0.369 e. The molecule has 0 saturated carbocycles. The zero-order valence-electron chi connectivity index (χ0n) is 8.58. The minimum absolute atomic E-state index is 0.0741. The monoisotopic (exact) mass is 236 g/mol. The number of amides is 1. The summed E-state index contributed by atoms with van der Waals surface area (Å²) in [6.07, 6.45) is 9.01. The summed E-state index contributed by atoms with van der Waals surface area (Å²) < 4.78 is 3.71. The third-order valence-corrected chi connectivity index (χ3v) is 2.50. The maximum atomic E-state index is 10.5. The normalized spacial score (nSPS) is 17.4. The van der Waals surface area contributed by atoms with E-state index in [1.807, 2.05) is 24.3 Å². The van der Waals surface area contributed by atoms with E-state index in [-0.39, 0.29) is 11.8 Å². The van der Waals surface area contributed by atoms with Gasteiger partial charge in [0.2, 0.25) is 5.91 Å². The van der Waals surface area contributed by atoms with Crippen LogP contribution in [-0.2, 0) is 4.79 Å². The molecular weight excluding hydrogens is 224 g/mol. The van der Waals surface area contributed by atoms with Crippen molar-refractivity contribution in [1.29, 1.82) is 0 Å². The van der Waals surface area contributed by atoms with Crippen LogP contribution in [0.3, 0.4) is 0 Å². The van der Waals surface area contributed by atoms with E-state index < -0.39 is 0 Å². The largest absolute Gasteiger partial charge is 0.369 e. The van der Waals surface area contributed by atoms with Crippen molar-refractivity contribution in [2.45, 2.75) is 6.42 Å². The summed E-state index contributed by atoms with van der Waals surface area (Å²) in [5, 5.41) is 1.77. The smallest absolute Gasteiger partial charge is 0.224 e. The van der Waals surface area contributed by atoms with Crippen molar-refractivity contribution in [3.63, 3.8) is 0 Å². The number of carbonyl (C=O) groups excluding carboxylic acids is 2. The van der Waals surface area contributed by atoms with Crippen LogP contribution in [0.25, 0.3) is 0 Å². The number of primary amides is 1. The predicted octanol–water partition coefficient (Wildman–Crippen LogP) is 1.56. The van der Waals surface area contributed by atoms with Crippen LogP contribution in [0.1, 0.15) is 16.9 Å². The Morgan fingerprint density at radius 3 is 2.69 bits per heavy atom. The Balaban J connectivity index is 0.000000165. The van der Waals surface area contributed by atoms with Gasteiger partial charge in [-0.15, -0.1) is 0 Å². The number of aromatic nitrogens is 1. The zero-order chi connectivity index (χ0) is 11.8. The van der Waals surface area contributed by atoms with E-state index in [9.17, 15) is 9.59 Å². The van der Waals surface area contributed by atoms with Gasteiger partial charge in [0, 0.05) is 5.38 Å². The van der Waals surface area contributed by atoms with E-state index in [4.69, 9.17) is 5.73 Å². The number of allylic oxidation sites excluding steroid dienone is 3. The van der Waals surface area contributed by atoms with Gasteiger partial charge >= 0.3 is 0 Å². The Kier molecular flexibility index (Phi) is 5.15. The molecule has 84 valence electrons. The van der Waals surface area contributed by atoms with Crippen LogP contribution in [0, 0.1) is 5.92 Å². The second-order valence-electron chi connectivity index (χ2n) is 3.10. The molecule has 0 fully saturated rings. The molecule has 1 aromatic rings. The van der Waals surface area contributed by atoms with E-state index in [1.54, 1.807) is 11.4 Å². The average Bonchev–Trinajstić information content (AvgIpc) is 2.84. The molecule has 0 aliphatic heterocycles. The van der Waals surface area contributed by atoms with E-state index >= 15 is 0 Å². The lowest BCUT2D eigenvalue weighted by atomic mass is 10.0. The molecule has 1 aromatic heterocycles. The minimum atomic E-state index is -0.240. The fraction of sp³-hybridized carbons (Fsp3) is 0.182. The Bertz CT molecular complexity index is 396. The summed E-state index contributed by atoms with van der Waals surface area (Å²) in [5.41, 5.74) is 5.56. The number of hydrogen-bond donors (Lipinski definition) is 1. The van der Waals surface area contributed by atoms with Crippen molar-refractivity contribution < 1.29 is 9.59 Å². The molecule has 2 N–H and O–H groups in total. The van der Waals surface area contributed by atoms with Gasteiger partial charge in [-0.3, -0.25) is 9.59 Å². The number of hydrogen-bond acceptors (Lipinski definition) is 4. The molecule has 1 heterocycles. The second kappa shape index (κ2) is 6.68. The molecule has 1 aliphatic carbocycles. The quantitative estimate of drug-likeness (QED) is 0.792. The van der Waals surface area contributed by atoms with Gasteiger partial charge in [0.25, 0.3) is 0 Å². The lowest BCUT2D eigenvalue weighted by Gasteiger charge is -2.06. The third-order valence-electron chi connectivity index (χ3n) is 1.92. The first-order valence-corrected chi connectivity index (χ1v) is 5.56. The molecule has 1 aliphatic rings. The van der Waals surface area contributed by atoms with Gasteiger partial charge in [-0.2, -0.15) is 4.37 Å². The van der Waals surface area contributed by atoms with E-state index in [0.717, 1.165) is 12.7 Å². The molecule has 2 rings (SSSR count). The highest BCUT2D eigenvalue weighted by Crippen LogP contribution is 2.09. The number of carbonyl (C=O) groups is 2. The molecule has 0 radical (unpaired) electrons. The van der Waals surface area contributed by atoms with Crippen molar-refractivity contribution in [3.8, 4) is 0 Å². The predicted molar refractivity (Wildman–Crippen MR) is 63.1 cm³/mol. The Morgan fingerprint density at radius 1 is 1.56 bits per heavy atom. The van der Waals surface area contributed by atoms with Crippen LogP contribution in [0.2, 0.25) is 0 Å². The van der Waals surface area contributed by atoms with Gasteiger partial charge in [0.15, 0.2) is 6.29 Å². The summed E-state index contributed by atoms with van der Waals surface area (Å²) in [7, 11) is 0. The van der Waals surface area contributed by atoms with E-state index in [1.165, 1.54) is 11.5 Å². The zero-order valence-corrected chi connectivity index (χ0v) is 9.39. The van der Waals surface area contributed by atoms with Gasteiger partial charge in [-0.25, -0.2) is 0 Å². The second-order valence-corrected chi connectivity index (χ2v) is 3.77. The summed E-state index contributed by atoms with van der Waals surface area (Å²) in [6, 6.07) is 1.68. The highest BCUT2D eigenvalue weighted by Gasteiger charge is 2.09. The summed E-state index contributed by atoms with van der Waals surface area (Å²) in [4.78, 5) is 20.3. The number of nitrogens with two attached hydrogens (primary N) is 1. The Labute approximate surface area is 97.6 Å². The number of nitrogens with zero attached hydrogens (tertiary/aromatic N) is 1. The van der Waals surface area contributed by atoms with Gasteiger partial charge < -0.3 is 5.73 Å². The first-order valence-electron chi connectivity index (χ1n) is 4.72. The van der Waals surface area contributed by atoms with Gasteiger partial charge in [-0.05, 0) is 24.0 Å². The lowest BCUT2D eigenvalue weighted by Crippen LogP contribution is -2.21. The van der Waals surface area contributed by atoms with Crippen molar-refractivity contribution in [3.05, 3.63) is 41.4 Å². The van der Waals surface area contributed by atoms with Crippen molar-refractivity contribution in [1.82, 2.24) is 4.37 Å². The van der Waals surface area contributed by atoms with Crippen molar-refractivity contribution >= 4 is 23.7 Å². The van der Waals surface area contributed by atoms with Crippen molar-refractivity contribution in [2.75, 3.05) is 0 Å². The molecule has 0 spiro atoms. The standard InChI is InChI=1S/C7H9NO.C4H3NOS/c8-7(9)6-4-2-1-3-5-6;6-3-4-1-2-7-5-4/h1-4,6H,5H2,(H2,8,9);1-3H. The highest BCUT2D eigenvalue weighted by atomic mass is 32.1. The fourth-order valence-corrected chi connectivity index (χ4v) is 1.56. The maximum absolute atomic E-state index is 10.5. The Hall–Kier alpha value is -1.75. The molecule has 0 aromatic carbocycles. The van der Waals surface area contributed by atoms with Crippen LogP contribution in [0.5, 0.6) is 0 Å². The molecule has 4 nitrogen and oxygen atoms in total. The van der Waals surface area contributed by atoms with Crippen molar-refractivity contribution in [2.24, 2.45) is 11.7 Å². The van der Waals surface area contributed by atoms with Gasteiger partial charge in [-0.1, -0.05) is 24.3 Å². The first kappa shape index (κ1) is 12.3. The molecule has 16 heavy (non-hydrogen) atoms. The lowest BCUT2D eigenvalue weighted by molar-refractivity contribution is -0.120. The topological polar surface area (TPSA) is 73.1 Å². The summed E-state index contributed by atoms with van der Waals surface area (Å²) in [5.74, 6) is -0.314. The van der Waals surface area contributed by atoms with Crippen LogP contribution in [-0.4, -0.2) is 16.6 Å². The Morgan fingerprint density at radius 2 is 2.38 bits per heavy atom. The number of aldehydes is 1. The molecule has 5 heteroatoms. The molecule has 1 unspecified atom stereocenters. The third kappa shape index (κ3) is 4.18. The SMILES string of the molecule is NC(=O)C1C=CC=CC1.O=Cc1ccsn1. The fourth-order valence-electron chi connectivity index (χ4n) is 1.07. The molecule has 1 amide bonds. The van der Waals surface area contributed by atoms with E-state index in [2.05, 4.69) is 4.37 Å². The maximum Gasteiger partial charge on any atom is 0.224 e. The van der Waals surface area contributed by atoms with E-state index in [0.29, 0.717) is 5.69 Å². The number of rotatable bonds is 2. The van der Waals surface area contributed by atoms with Gasteiger partial charge in [0.1, 0.15) is 5.69 Å². The molecular formula is C11H12N2O2S. The van der Waals surface area contributed by atoms with Crippen LogP contribution in [0.15, 0.2) is 35.8 Å². The molecule has 1 atom stereocenters. The van der Waals surface area contributed by atoms with Crippen LogP contribution >= 0.6 is 11.5 Å². The summed E-state index contributed by atoms with van der Waals surface area (Å²) in [6.45, 7) is 0. The van der Waals surface area contributed by atoms with Crippen LogP contribution < -0.4 is 5.73 Å². The average molecular weight is 236 g/mol. The van der Waals surface area contributed by atoms with Crippen LogP contribution in [0.4, 0.5) is 0 Å². The van der Waals surface area contributed by atoms with Gasteiger partial charge in [0.05, 0.1) is 5.92 Å². The highest BCUT2D eigenvalue weighted by molar-refractivity contribution is 7.03. The summed E-state index contributed by atoms with van der Waals surface area (Å²) >= 11 is 1.28. The molecule has 0 bridgehead atoms. The molecule has 0 saturated heterocycles. The first-order chi connectivity index (χ1) is 7.74.